The van der Waals surface area contributed by atoms with Crippen LogP contribution in [-0.4, -0.2) is 79.5 Å². The van der Waals surface area contributed by atoms with Crippen LogP contribution in [0.4, 0.5) is 11.5 Å². The van der Waals surface area contributed by atoms with E-state index < -0.39 is 0 Å². The third-order valence-corrected chi connectivity index (χ3v) is 7.44. The molecule has 1 amide bonds. The number of anilines is 2. The van der Waals surface area contributed by atoms with Gasteiger partial charge in [0.1, 0.15) is 23.6 Å². The normalized spacial score (nSPS) is 20.7. The Morgan fingerprint density at radius 3 is 2.65 bits per heavy atom. The smallest absolute Gasteiger partial charge is 0.272 e. The number of carbonyl (C=O) groups excluding carboxylic acids is 1. The molecule has 1 aromatic heterocycles. The van der Waals surface area contributed by atoms with Crippen LogP contribution < -0.4 is 15.4 Å². The highest BCUT2D eigenvalue weighted by molar-refractivity contribution is 5.95. The third kappa shape index (κ3) is 5.69. The number of nitrogens with one attached hydrogen (secondary N) is 2. The van der Waals surface area contributed by atoms with E-state index in [4.69, 9.17) is 14.2 Å². The van der Waals surface area contributed by atoms with Gasteiger partial charge in [0.25, 0.3) is 5.91 Å². The Bertz CT molecular complexity index is 1240. The molecule has 0 unspecified atom stereocenters. The minimum atomic E-state index is -0.0505. The highest BCUT2D eigenvalue weighted by Crippen LogP contribution is 2.27. The molecule has 3 heterocycles. The van der Waals surface area contributed by atoms with Gasteiger partial charge in [-0.3, -0.25) is 4.79 Å². The SMILES string of the molecule is COc1ccc2ccc(Nc3ncnc(C(=O)N4CCC(N[C@H]5CCOC[C@H]5OC)CC4)c3C)cc2c1. The van der Waals surface area contributed by atoms with Gasteiger partial charge in [0.15, 0.2) is 0 Å². The predicted octanol–water partition coefficient (Wildman–Crippen LogP) is 3.69. The number of ether oxygens (including phenoxy) is 3. The van der Waals surface area contributed by atoms with Crippen LogP contribution in [0.25, 0.3) is 10.8 Å². The Kier molecular flexibility index (Phi) is 7.83. The topological polar surface area (TPSA) is 97.8 Å². The summed E-state index contributed by atoms with van der Waals surface area (Å²) < 4.78 is 16.5. The summed E-state index contributed by atoms with van der Waals surface area (Å²) in [7, 11) is 3.40. The molecule has 0 aliphatic carbocycles. The third-order valence-electron chi connectivity index (χ3n) is 7.44. The molecule has 2 aliphatic rings. The van der Waals surface area contributed by atoms with Crippen LogP contribution >= 0.6 is 0 Å². The van der Waals surface area contributed by atoms with Gasteiger partial charge in [-0.1, -0.05) is 12.1 Å². The summed E-state index contributed by atoms with van der Waals surface area (Å²) >= 11 is 0. The molecular weight excluding hydrogens is 470 g/mol. The number of carbonyl (C=O) groups is 1. The molecule has 2 aromatic carbocycles. The van der Waals surface area contributed by atoms with Gasteiger partial charge in [-0.25, -0.2) is 9.97 Å². The van der Waals surface area contributed by atoms with Gasteiger partial charge in [-0.2, -0.15) is 0 Å². The van der Waals surface area contributed by atoms with Crippen LogP contribution in [0.15, 0.2) is 42.7 Å². The number of fused-ring (bicyclic) bond motifs is 1. The molecule has 9 heteroatoms. The fourth-order valence-corrected chi connectivity index (χ4v) is 5.19. The maximum absolute atomic E-state index is 13.4. The van der Waals surface area contributed by atoms with Crippen LogP contribution in [0.2, 0.25) is 0 Å². The molecule has 2 N–H and O–H groups in total. The van der Waals surface area contributed by atoms with Crippen molar-refractivity contribution in [1.82, 2.24) is 20.2 Å². The maximum atomic E-state index is 13.4. The number of hydrogen-bond acceptors (Lipinski definition) is 8. The predicted molar refractivity (Wildman–Crippen MR) is 143 cm³/mol. The van der Waals surface area contributed by atoms with Gasteiger partial charge in [0, 0.05) is 50.1 Å². The second-order valence-electron chi connectivity index (χ2n) is 9.73. The van der Waals surface area contributed by atoms with E-state index in [1.807, 2.05) is 48.2 Å². The highest BCUT2D eigenvalue weighted by atomic mass is 16.5. The number of likely N-dealkylation sites (tertiary alicyclic amines) is 1. The molecule has 9 nitrogen and oxygen atoms in total. The van der Waals surface area contributed by atoms with Crippen molar-refractivity contribution in [2.75, 3.05) is 45.8 Å². The molecule has 0 radical (unpaired) electrons. The first kappa shape index (κ1) is 25.4. The number of nitrogens with zero attached hydrogens (tertiary/aromatic N) is 3. The summed E-state index contributed by atoms with van der Waals surface area (Å²) in [6.07, 6.45) is 4.27. The van der Waals surface area contributed by atoms with Crippen molar-refractivity contribution in [3.63, 3.8) is 0 Å². The summed E-state index contributed by atoms with van der Waals surface area (Å²) in [5, 5.41) is 9.28. The number of amides is 1. The molecule has 196 valence electrons. The number of benzene rings is 2. The van der Waals surface area contributed by atoms with Gasteiger partial charge in [-0.05, 0) is 61.2 Å². The Hall–Kier alpha value is -3.27. The van der Waals surface area contributed by atoms with Gasteiger partial charge >= 0.3 is 0 Å². The molecule has 2 fully saturated rings. The van der Waals surface area contributed by atoms with Crippen LogP contribution in [-0.2, 0) is 9.47 Å². The number of rotatable bonds is 7. The lowest BCUT2D eigenvalue weighted by Crippen LogP contribution is -2.54. The molecule has 5 rings (SSSR count). The van der Waals surface area contributed by atoms with E-state index in [0.717, 1.165) is 53.6 Å². The van der Waals surface area contributed by atoms with E-state index in [-0.39, 0.29) is 12.0 Å². The van der Waals surface area contributed by atoms with Gasteiger partial charge < -0.3 is 29.7 Å². The van der Waals surface area contributed by atoms with Crippen LogP contribution in [0.1, 0.15) is 35.3 Å². The molecule has 2 saturated heterocycles. The second kappa shape index (κ2) is 11.4. The van der Waals surface area contributed by atoms with Crippen LogP contribution in [0.3, 0.4) is 0 Å². The Morgan fingerprint density at radius 2 is 1.86 bits per heavy atom. The highest BCUT2D eigenvalue weighted by Gasteiger charge is 2.31. The minimum Gasteiger partial charge on any atom is -0.497 e. The lowest BCUT2D eigenvalue weighted by Gasteiger charge is -2.38. The summed E-state index contributed by atoms with van der Waals surface area (Å²) in [6, 6.07) is 12.7. The maximum Gasteiger partial charge on any atom is 0.272 e. The number of aromatic nitrogens is 2. The van der Waals surface area contributed by atoms with Crippen molar-refractivity contribution in [2.24, 2.45) is 0 Å². The number of hydrogen-bond donors (Lipinski definition) is 2. The molecule has 0 bridgehead atoms. The molecular formula is C28H35N5O4. The number of piperidine rings is 1. The van der Waals surface area contributed by atoms with E-state index in [1.165, 1.54) is 6.33 Å². The van der Waals surface area contributed by atoms with E-state index in [1.54, 1.807) is 14.2 Å². The Balaban J connectivity index is 1.23. The molecule has 0 spiro atoms. The Morgan fingerprint density at radius 1 is 1.05 bits per heavy atom. The first-order valence-electron chi connectivity index (χ1n) is 12.9. The average Bonchev–Trinajstić information content (AvgIpc) is 2.94. The quantitative estimate of drug-likeness (QED) is 0.502. The molecule has 37 heavy (non-hydrogen) atoms. The van der Waals surface area contributed by atoms with Crippen molar-refractivity contribution in [1.29, 1.82) is 0 Å². The summed E-state index contributed by atoms with van der Waals surface area (Å²) in [5.74, 6) is 1.38. The van der Waals surface area contributed by atoms with Crippen molar-refractivity contribution in [3.05, 3.63) is 54.0 Å². The van der Waals surface area contributed by atoms with Crippen LogP contribution in [0, 0.1) is 6.92 Å². The lowest BCUT2D eigenvalue weighted by molar-refractivity contribution is -0.0533. The molecule has 0 saturated carbocycles. The fraction of sp³-hybridized carbons (Fsp3) is 0.464. The summed E-state index contributed by atoms with van der Waals surface area (Å²) in [4.78, 5) is 24.1. The zero-order valence-electron chi connectivity index (χ0n) is 21.7. The van der Waals surface area contributed by atoms with Crippen molar-refractivity contribution >= 4 is 28.2 Å². The zero-order chi connectivity index (χ0) is 25.8. The van der Waals surface area contributed by atoms with Crippen molar-refractivity contribution in [3.8, 4) is 5.75 Å². The van der Waals surface area contributed by atoms with Gasteiger partial charge in [-0.15, -0.1) is 0 Å². The summed E-state index contributed by atoms with van der Waals surface area (Å²) in [6.45, 7) is 4.66. The number of methoxy groups -OCH3 is 2. The molecule has 2 aliphatic heterocycles. The monoisotopic (exact) mass is 505 g/mol. The van der Waals surface area contributed by atoms with Gasteiger partial charge in [0.2, 0.25) is 0 Å². The van der Waals surface area contributed by atoms with E-state index in [0.29, 0.717) is 43.3 Å². The van der Waals surface area contributed by atoms with Crippen molar-refractivity contribution in [2.45, 2.75) is 44.4 Å². The second-order valence-corrected chi connectivity index (χ2v) is 9.73. The minimum absolute atomic E-state index is 0.0505. The standard InChI is InChI=1S/C28H35N5O4/c1-18-26(28(34)33-11-8-21(9-12-33)31-24-10-13-37-16-25(24)36-3)29-17-30-27(18)32-22-6-4-19-5-7-23(35-2)15-20(19)14-22/h4-7,14-15,17,21,24-25,31H,8-13,16H2,1-3H3,(H,29,30,32)/t24-,25+/m0/s1. The molecule has 2 atom stereocenters. The Labute approximate surface area is 217 Å². The summed E-state index contributed by atoms with van der Waals surface area (Å²) in [5.41, 5.74) is 2.06. The largest absolute Gasteiger partial charge is 0.497 e. The fourth-order valence-electron chi connectivity index (χ4n) is 5.19. The zero-order valence-corrected chi connectivity index (χ0v) is 21.7. The first-order valence-corrected chi connectivity index (χ1v) is 12.9. The van der Waals surface area contributed by atoms with E-state index >= 15 is 0 Å². The van der Waals surface area contributed by atoms with E-state index in [9.17, 15) is 4.79 Å². The first-order chi connectivity index (χ1) is 18.1. The van der Waals surface area contributed by atoms with Gasteiger partial charge in [0.05, 0.1) is 19.8 Å². The molecule has 3 aromatic rings. The van der Waals surface area contributed by atoms with E-state index in [2.05, 4.69) is 20.6 Å². The average molecular weight is 506 g/mol. The lowest BCUT2D eigenvalue weighted by atomic mass is 9.99. The van der Waals surface area contributed by atoms with Crippen LogP contribution in [0.5, 0.6) is 5.75 Å². The van der Waals surface area contributed by atoms with Crippen molar-refractivity contribution < 1.29 is 19.0 Å².